The summed E-state index contributed by atoms with van der Waals surface area (Å²) >= 11 is 0. The van der Waals surface area contributed by atoms with Gasteiger partial charge < -0.3 is 10.2 Å². The van der Waals surface area contributed by atoms with E-state index in [1.54, 1.807) is 4.90 Å². The Labute approximate surface area is 88.1 Å². The highest BCUT2D eigenvalue weighted by molar-refractivity contribution is 4.71. The molecule has 0 aromatic rings. The van der Waals surface area contributed by atoms with Gasteiger partial charge in [0.25, 0.3) is 0 Å². The normalized spacial score (nSPS) is 40.5. The molecule has 2 rings (SSSR count). The third kappa shape index (κ3) is 2.48. The largest absolute Gasteiger partial charge is 0.339 e. The number of nitrogens with one attached hydrogen (secondary N) is 1. The summed E-state index contributed by atoms with van der Waals surface area (Å²) in [4.78, 5) is 1.81. The fourth-order valence-corrected chi connectivity index (χ4v) is 3.30. The molecule has 2 heterocycles. The summed E-state index contributed by atoms with van der Waals surface area (Å²) in [5.74, 6) is 0. The molecule has 2 aliphatic heterocycles. The van der Waals surface area contributed by atoms with Gasteiger partial charge in [-0.05, 0) is 32.1 Å². The van der Waals surface area contributed by atoms with E-state index >= 15 is 0 Å². The summed E-state index contributed by atoms with van der Waals surface area (Å²) in [5.41, 5.74) is 0. The highest BCUT2D eigenvalue weighted by Gasteiger charge is 2.33. The van der Waals surface area contributed by atoms with Gasteiger partial charge in [0.15, 0.2) is 0 Å². The van der Waals surface area contributed by atoms with Crippen molar-refractivity contribution in [2.45, 2.75) is 57.0 Å². The van der Waals surface area contributed by atoms with E-state index < -0.39 is 0 Å². The van der Waals surface area contributed by atoms with Crippen molar-refractivity contribution >= 4 is 0 Å². The minimum absolute atomic E-state index is 0.942. The predicted molar refractivity (Wildman–Crippen MR) is 58.4 cm³/mol. The van der Waals surface area contributed by atoms with Crippen molar-refractivity contribution in [3.63, 3.8) is 0 Å². The number of nitrogens with two attached hydrogens (primary N) is 1. The van der Waals surface area contributed by atoms with Crippen molar-refractivity contribution in [1.29, 1.82) is 0 Å². The number of quaternary nitrogens is 2. The number of hydrogen-bond acceptors (Lipinski definition) is 0. The minimum atomic E-state index is 0.942. The second-order valence-electron chi connectivity index (χ2n) is 5.24. The van der Waals surface area contributed by atoms with E-state index in [9.17, 15) is 0 Å². The quantitative estimate of drug-likeness (QED) is 0.570. The minimum Gasteiger partial charge on any atom is -0.339 e. The first-order valence-electron chi connectivity index (χ1n) is 6.53. The Morgan fingerprint density at radius 2 is 1.86 bits per heavy atom. The number of hydrogen-bond donors (Lipinski definition) is 2. The lowest BCUT2D eigenvalue weighted by atomic mass is 9.93. The standard InChI is InChI=1S/C12H24N2/c1-14-10-6-4-8-12(14)11-7-3-2-5-9-13-11/h11-13H,2-10H2,1H3/p+2/t11-,12-/m0/s1. The Hall–Kier alpha value is -0.0800. The van der Waals surface area contributed by atoms with E-state index in [1.165, 1.54) is 58.0 Å². The monoisotopic (exact) mass is 198 g/mol. The molecule has 3 N–H and O–H groups in total. The van der Waals surface area contributed by atoms with Gasteiger partial charge in [-0.2, -0.15) is 0 Å². The fraction of sp³-hybridized carbons (Fsp3) is 1.00. The number of piperidine rings is 1. The van der Waals surface area contributed by atoms with Crippen LogP contribution in [0.25, 0.3) is 0 Å². The Bertz CT molecular complexity index is 162. The maximum Gasteiger partial charge on any atom is 0.140 e. The lowest BCUT2D eigenvalue weighted by Crippen LogP contribution is -3.18. The van der Waals surface area contributed by atoms with Gasteiger partial charge in [-0.15, -0.1) is 0 Å². The van der Waals surface area contributed by atoms with Gasteiger partial charge in [-0.1, -0.05) is 0 Å². The van der Waals surface area contributed by atoms with Crippen LogP contribution in [0.3, 0.4) is 0 Å². The average molecular weight is 198 g/mol. The highest BCUT2D eigenvalue weighted by Crippen LogP contribution is 2.11. The van der Waals surface area contributed by atoms with Crippen LogP contribution in [0.4, 0.5) is 0 Å². The summed E-state index contributed by atoms with van der Waals surface area (Å²) in [6.45, 7) is 2.80. The van der Waals surface area contributed by atoms with Crippen LogP contribution >= 0.6 is 0 Å². The van der Waals surface area contributed by atoms with Gasteiger partial charge in [0.2, 0.25) is 0 Å². The summed E-state index contributed by atoms with van der Waals surface area (Å²) in [6, 6.07) is 1.90. The van der Waals surface area contributed by atoms with Gasteiger partial charge in [0.1, 0.15) is 12.1 Å². The molecule has 0 saturated carbocycles. The molecule has 82 valence electrons. The average Bonchev–Trinajstić information content (AvgIpc) is 2.47. The molecule has 0 aromatic carbocycles. The van der Waals surface area contributed by atoms with Gasteiger partial charge in [-0.25, -0.2) is 0 Å². The maximum atomic E-state index is 2.65. The van der Waals surface area contributed by atoms with E-state index in [2.05, 4.69) is 12.4 Å². The maximum absolute atomic E-state index is 2.65. The van der Waals surface area contributed by atoms with E-state index in [-0.39, 0.29) is 0 Å². The van der Waals surface area contributed by atoms with Crippen molar-refractivity contribution in [3.8, 4) is 0 Å². The van der Waals surface area contributed by atoms with Gasteiger partial charge >= 0.3 is 0 Å². The summed E-state index contributed by atoms with van der Waals surface area (Å²) in [6.07, 6.45) is 10.3. The van der Waals surface area contributed by atoms with Crippen molar-refractivity contribution in [1.82, 2.24) is 0 Å². The number of rotatable bonds is 1. The molecule has 0 spiro atoms. The third-order valence-corrected chi connectivity index (χ3v) is 4.20. The molecule has 2 fully saturated rings. The topological polar surface area (TPSA) is 21.1 Å². The van der Waals surface area contributed by atoms with Crippen molar-refractivity contribution in [2.75, 3.05) is 20.1 Å². The van der Waals surface area contributed by atoms with Crippen LogP contribution < -0.4 is 10.2 Å². The molecule has 2 saturated heterocycles. The fourth-order valence-electron chi connectivity index (χ4n) is 3.30. The van der Waals surface area contributed by atoms with Gasteiger partial charge in [-0.3, -0.25) is 0 Å². The molecule has 0 radical (unpaired) electrons. The molecule has 1 unspecified atom stereocenters. The van der Waals surface area contributed by atoms with E-state index in [4.69, 9.17) is 0 Å². The van der Waals surface area contributed by atoms with Crippen LogP contribution in [0.15, 0.2) is 0 Å². The van der Waals surface area contributed by atoms with Crippen LogP contribution in [0.1, 0.15) is 44.9 Å². The molecule has 3 atom stereocenters. The Morgan fingerprint density at radius 3 is 2.71 bits per heavy atom. The summed E-state index contributed by atoms with van der Waals surface area (Å²) in [5, 5.41) is 2.65. The third-order valence-electron chi connectivity index (χ3n) is 4.20. The van der Waals surface area contributed by atoms with Gasteiger partial charge in [0.05, 0.1) is 20.1 Å². The van der Waals surface area contributed by atoms with Crippen LogP contribution in [0.5, 0.6) is 0 Å². The second kappa shape index (κ2) is 5.13. The molecule has 0 aromatic heterocycles. The molecule has 0 bridgehead atoms. The highest BCUT2D eigenvalue weighted by atomic mass is 15.2. The van der Waals surface area contributed by atoms with Crippen LogP contribution in [-0.2, 0) is 0 Å². The van der Waals surface area contributed by atoms with Crippen LogP contribution in [-0.4, -0.2) is 32.2 Å². The van der Waals surface area contributed by atoms with Crippen LogP contribution in [0.2, 0.25) is 0 Å². The Kier molecular flexibility index (Phi) is 3.82. The molecular weight excluding hydrogens is 172 g/mol. The lowest BCUT2D eigenvalue weighted by molar-refractivity contribution is -0.933. The Balaban J connectivity index is 1.90. The SMILES string of the molecule is C[NH+]1CCCC[C@H]1[C@@H]1CCCCC[NH2+]1. The molecule has 0 aliphatic carbocycles. The summed E-state index contributed by atoms with van der Waals surface area (Å²) < 4.78 is 0. The zero-order valence-electron chi connectivity index (χ0n) is 9.60. The number of likely N-dealkylation sites (tertiary alicyclic amines) is 1. The molecular formula is C12H26N2+2. The molecule has 2 aliphatic rings. The van der Waals surface area contributed by atoms with Crippen LogP contribution in [0, 0.1) is 0 Å². The molecule has 0 amide bonds. The molecule has 2 nitrogen and oxygen atoms in total. The number of likely N-dealkylation sites (N-methyl/N-ethyl adjacent to an activating group) is 1. The first-order chi connectivity index (χ1) is 6.88. The smallest absolute Gasteiger partial charge is 0.140 e. The van der Waals surface area contributed by atoms with Crippen molar-refractivity contribution in [3.05, 3.63) is 0 Å². The van der Waals surface area contributed by atoms with Gasteiger partial charge in [0, 0.05) is 12.8 Å². The first kappa shape index (κ1) is 10.4. The van der Waals surface area contributed by atoms with E-state index in [0.29, 0.717) is 0 Å². The zero-order valence-corrected chi connectivity index (χ0v) is 9.60. The molecule has 2 heteroatoms. The lowest BCUT2D eigenvalue weighted by Gasteiger charge is -2.33. The second-order valence-corrected chi connectivity index (χ2v) is 5.24. The van der Waals surface area contributed by atoms with E-state index in [0.717, 1.165) is 12.1 Å². The van der Waals surface area contributed by atoms with Crippen molar-refractivity contribution in [2.24, 2.45) is 0 Å². The summed E-state index contributed by atoms with van der Waals surface area (Å²) in [7, 11) is 2.41. The van der Waals surface area contributed by atoms with Crippen molar-refractivity contribution < 1.29 is 10.2 Å². The molecule has 14 heavy (non-hydrogen) atoms. The Morgan fingerprint density at radius 1 is 1.00 bits per heavy atom. The van der Waals surface area contributed by atoms with E-state index in [1.807, 2.05) is 0 Å². The predicted octanol–water partition coefficient (Wildman–Crippen LogP) is -0.440. The first-order valence-corrected chi connectivity index (χ1v) is 6.53. The zero-order chi connectivity index (χ0) is 9.80.